The van der Waals surface area contributed by atoms with Crippen LogP contribution in [-0.4, -0.2) is 17.6 Å². The molecule has 0 saturated carbocycles. The van der Waals surface area contributed by atoms with Crippen LogP contribution in [0.3, 0.4) is 0 Å². The highest BCUT2D eigenvalue weighted by atomic mass is 16.3. The lowest BCUT2D eigenvalue weighted by Crippen LogP contribution is -2.25. The Labute approximate surface area is 125 Å². The van der Waals surface area contributed by atoms with Gasteiger partial charge in [-0.15, -0.1) is 0 Å². The molecule has 1 amide bonds. The molecule has 0 fully saturated rings. The number of aromatic hydroxyl groups is 1. The number of carbonyl (C=O) groups excluding carboxylic acids is 1. The molecular weight excluding hydrogens is 262 g/mol. The van der Waals surface area contributed by atoms with Gasteiger partial charge in [-0.3, -0.25) is 4.79 Å². The van der Waals surface area contributed by atoms with Gasteiger partial charge in [0.05, 0.1) is 0 Å². The first-order valence-corrected chi connectivity index (χ1v) is 7.22. The predicted octanol–water partition coefficient (Wildman–Crippen LogP) is 3.49. The average molecular weight is 283 g/mol. The van der Waals surface area contributed by atoms with Crippen molar-refractivity contribution in [2.75, 3.05) is 6.54 Å². The molecule has 110 valence electrons. The molecule has 0 spiro atoms. The molecule has 3 nitrogen and oxygen atoms in total. The number of hydrogen-bond donors (Lipinski definition) is 2. The summed E-state index contributed by atoms with van der Waals surface area (Å²) >= 11 is 0. The Balaban J connectivity index is 1.85. The van der Waals surface area contributed by atoms with Gasteiger partial charge in [-0.05, 0) is 47.7 Å². The second-order valence-corrected chi connectivity index (χ2v) is 5.45. The van der Waals surface area contributed by atoms with Crippen LogP contribution in [0.15, 0.2) is 48.5 Å². The van der Waals surface area contributed by atoms with E-state index < -0.39 is 0 Å². The van der Waals surface area contributed by atoms with E-state index in [0.29, 0.717) is 18.0 Å². The SMILES string of the molecule is CC(C)c1ccc(C(=O)NCCc2ccc(O)cc2)cc1. The predicted molar refractivity (Wildman–Crippen MR) is 84.7 cm³/mol. The van der Waals surface area contributed by atoms with Crippen molar-refractivity contribution in [2.45, 2.75) is 26.2 Å². The number of benzene rings is 2. The van der Waals surface area contributed by atoms with Gasteiger partial charge in [0, 0.05) is 12.1 Å². The molecular formula is C18H21NO2. The fourth-order valence-electron chi connectivity index (χ4n) is 2.10. The van der Waals surface area contributed by atoms with Gasteiger partial charge >= 0.3 is 0 Å². The summed E-state index contributed by atoms with van der Waals surface area (Å²) in [6, 6.07) is 14.8. The summed E-state index contributed by atoms with van der Waals surface area (Å²) in [4.78, 5) is 12.0. The number of carbonyl (C=O) groups is 1. The molecule has 2 aromatic carbocycles. The molecule has 0 heterocycles. The molecule has 2 N–H and O–H groups in total. The molecule has 0 atom stereocenters. The minimum absolute atomic E-state index is 0.0518. The Hall–Kier alpha value is -2.29. The normalized spacial score (nSPS) is 10.6. The first-order chi connectivity index (χ1) is 10.1. The summed E-state index contributed by atoms with van der Waals surface area (Å²) in [7, 11) is 0. The van der Waals surface area contributed by atoms with E-state index in [1.807, 2.05) is 36.4 Å². The van der Waals surface area contributed by atoms with Crippen molar-refractivity contribution >= 4 is 5.91 Å². The second-order valence-electron chi connectivity index (χ2n) is 5.45. The molecule has 2 aromatic rings. The molecule has 0 aliphatic heterocycles. The highest BCUT2D eigenvalue weighted by Crippen LogP contribution is 2.14. The summed E-state index contributed by atoms with van der Waals surface area (Å²) in [5.74, 6) is 0.675. The lowest BCUT2D eigenvalue weighted by Gasteiger charge is -2.08. The van der Waals surface area contributed by atoms with Crippen molar-refractivity contribution in [3.8, 4) is 5.75 Å². The zero-order valence-electron chi connectivity index (χ0n) is 12.5. The number of phenolic OH excluding ortho intramolecular Hbond substituents is 1. The smallest absolute Gasteiger partial charge is 0.251 e. The number of amides is 1. The van der Waals surface area contributed by atoms with E-state index in [1.165, 1.54) is 5.56 Å². The second kappa shape index (κ2) is 6.93. The van der Waals surface area contributed by atoms with E-state index in [4.69, 9.17) is 0 Å². The molecule has 0 bridgehead atoms. The van der Waals surface area contributed by atoms with Crippen LogP contribution in [0.4, 0.5) is 0 Å². The van der Waals surface area contributed by atoms with Crippen LogP contribution in [0.5, 0.6) is 5.75 Å². The maximum absolute atomic E-state index is 12.0. The first-order valence-electron chi connectivity index (χ1n) is 7.22. The van der Waals surface area contributed by atoms with E-state index in [0.717, 1.165) is 12.0 Å². The monoisotopic (exact) mass is 283 g/mol. The summed E-state index contributed by atoms with van der Waals surface area (Å²) in [6.07, 6.45) is 0.746. The maximum Gasteiger partial charge on any atom is 0.251 e. The molecule has 0 aliphatic rings. The Bertz CT molecular complexity index is 586. The minimum atomic E-state index is -0.0518. The van der Waals surface area contributed by atoms with Crippen molar-refractivity contribution in [3.05, 3.63) is 65.2 Å². The zero-order chi connectivity index (χ0) is 15.2. The van der Waals surface area contributed by atoms with Gasteiger partial charge in [-0.1, -0.05) is 38.1 Å². The molecule has 0 aliphatic carbocycles. The summed E-state index contributed by atoms with van der Waals surface area (Å²) in [5, 5.41) is 12.1. The average Bonchev–Trinajstić information content (AvgIpc) is 2.49. The van der Waals surface area contributed by atoms with Crippen molar-refractivity contribution in [3.63, 3.8) is 0 Å². The summed E-state index contributed by atoms with van der Waals surface area (Å²) in [5.41, 5.74) is 3.00. The lowest BCUT2D eigenvalue weighted by atomic mass is 10.0. The van der Waals surface area contributed by atoms with Gasteiger partial charge < -0.3 is 10.4 Å². The standard InChI is InChI=1S/C18H21NO2/c1-13(2)15-5-7-16(8-6-15)18(21)19-12-11-14-3-9-17(20)10-4-14/h3-10,13,20H,11-12H2,1-2H3,(H,19,21). The highest BCUT2D eigenvalue weighted by molar-refractivity contribution is 5.94. The van der Waals surface area contributed by atoms with Gasteiger partial charge in [0.2, 0.25) is 0 Å². The Morgan fingerprint density at radius 3 is 2.24 bits per heavy atom. The number of nitrogens with one attached hydrogen (secondary N) is 1. The Morgan fingerprint density at radius 2 is 1.67 bits per heavy atom. The molecule has 0 aromatic heterocycles. The fourth-order valence-corrected chi connectivity index (χ4v) is 2.10. The van der Waals surface area contributed by atoms with Gasteiger partial charge in [0.1, 0.15) is 5.75 Å². The van der Waals surface area contributed by atoms with E-state index >= 15 is 0 Å². The molecule has 2 rings (SSSR count). The Morgan fingerprint density at radius 1 is 1.05 bits per heavy atom. The molecule has 0 unspecified atom stereocenters. The third-order valence-electron chi connectivity index (χ3n) is 3.48. The van der Waals surface area contributed by atoms with Crippen molar-refractivity contribution in [1.82, 2.24) is 5.32 Å². The van der Waals surface area contributed by atoms with E-state index in [-0.39, 0.29) is 11.7 Å². The molecule has 21 heavy (non-hydrogen) atoms. The van der Waals surface area contributed by atoms with Crippen LogP contribution in [0, 0.1) is 0 Å². The van der Waals surface area contributed by atoms with E-state index in [2.05, 4.69) is 19.2 Å². The number of rotatable bonds is 5. The van der Waals surface area contributed by atoms with Crippen LogP contribution < -0.4 is 5.32 Å². The summed E-state index contributed by atoms with van der Waals surface area (Å²) < 4.78 is 0. The van der Waals surface area contributed by atoms with E-state index in [9.17, 15) is 9.90 Å². The topological polar surface area (TPSA) is 49.3 Å². The van der Waals surface area contributed by atoms with Gasteiger partial charge in [-0.2, -0.15) is 0 Å². The van der Waals surface area contributed by atoms with Crippen LogP contribution in [0.2, 0.25) is 0 Å². The molecule has 3 heteroatoms. The number of hydrogen-bond acceptors (Lipinski definition) is 2. The maximum atomic E-state index is 12.0. The molecule has 0 radical (unpaired) electrons. The molecule has 0 saturated heterocycles. The van der Waals surface area contributed by atoms with Gasteiger partial charge in [0.25, 0.3) is 5.91 Å². The quantitative estimate of drug-likeness (QED) is 0.882. The van der Waals surface area contributed by atoms with Crippen molar-refractivity contribution in [2.24, 2.45) is 0 Å². The third-order valence-corrected chi connectivity index (χ3v) is 3.48. The van der Waals surface area contributed by atoms with Gasteiger partial charge in [0.15, 0.2) is 0 Å². The fraction of sp³-hybridized carbons (Fsp3) is 0.278. The Kier molecular flexibility index (Phi) is 4.99. The highest BCUT2D eigenvalue weighted by Gasteiger charge is 2.06. The minimum Gasteiger partial charge on any atom is -0.508 e. The zero-order valence-corrected chi connectivity index (χ0v) is 12.5. The van der Waals surface area contributed by atoms with Gasteiger partial charge in [-0.25, -0.2) is 0 Å². The van der Waals surface area contributed by atoms with Crippen LogP contribution >= 0.6 is 0 Å². The van der Waals surface area contributed by atoms with Crippen LogP contribution in [0.1, 0.15) is 41.3 Å². The van der Waals surface area contributed by atoms with Crippen molar-refractivity contribution in [1.29, 1.82) is 0 Å². The third kappa shape index (κ3) is 4.35. The first kappa shape index (κ1) is 15.1. The van der Waals surface area contributed by atoms with E-state index in [1.54, 1.807) is 12.1 Å². The van der Waals surface area contributed by atoms with Crippen LogP contribution in [-0.2, 0) is 6.42 Å². The summed E-state index contributed by atoms with van der Waals surface area (Å²) in [6.45, 7) is 4.84. The largest absolute Gasteiger partial charge is 0.508 e. The lowest BCUT2D eigenvalue weighted by molar-refractivity contribution is 0.0954. The van der Waals surface area contributed by atoms with Crippen molar-refractivity contribution < 1.29 is 9.90 Å². The number of phenols is 1. The van der Waals surface area contributed by atoms with Crippen LogP contribution in [0.25, 0.3) is 0 Å².